The lowest BCUT2D eigenvalue weighted by atomic mass is 10.0. The van der Waals surface area contributed by atoms with E-state index in [1.807, 2.05) is 38.1 Å². The Morgan fingerprint density at radius 1 is 1.12 bits per heavy atom. The van der Waals surface area contributed by atoms with Gasteiger partial charge in [0.25, 0.3) is 5.91 Å². The number of anilines is 2. The van der Waals surface area contributed by atoms with Gasteiger partial charge in [-0.2, -0.15) is 0 Å². The molecule has 5 nitrogen and oxygen atoms in total. The maximum absolute atomic E-state index is 12.5. The molecule has 0 heterocycles. The van der Waals surface area contributed by atoms with Crippen molar-refractivity contribution in [2.45, 2.75) is 19.8 Å². The van der Waals surface area contributed by atoms with Gasteiger partial charge in [0.1, 0.15) is 0 Å². The van der Waals surface area contributed by atoms with Crippen LogP contribution in [0.15, 0.2) is 42.5 Å². The maximum atomic E-state index is 12.5. The molecule has 24 heavy (non-hydrogen) atoms. The highest BCUT2D eigenvalue weighted by atomic mass is 35.5. The number of carbonyl (C=O) groups is 1. The fourth-order valence-corrected chi connectivity index (χ4v) is 3.10. The van der Waals surface area contributed by atoms with Gasteiger partial charge in [0.2, 0.25) is 10.0 Å². The largest absolute Gasteiger partial charge is 0.322 e. The predicted octanol–water partition coefficient (Wildman–Crippen LogP) is 4.09. The Morgan fingerprint density at radius 2 is 1.79 bits per heavy atom. The van der Waals surface area contributed by atoms with Gasteiger partial charge in [0.05, 0.1) is 16.8 Å². The lowest BCUT2D eigenvalue weighted by Gasteiger charge is -2.14. The van der Waals surface area contributed by atoms with E-state index in [1.165, 1.54) is 18.2 Å². The monoisotopic (exact) mass is 366 g/mol. The molecule has 0 aliphatic heterocycles. The first-order chi connectivity index (χ1) is 11.2. The second kappa shape index (κ2) is 7.23. The highest BCUT2D eigenvalue weighted by Crippen LogP contribution is 2.26. The molecule has 0 radical (unpaired) electrons. The second-order valence-corrected chi connectivity index (χ2v) is 7.92. The van der Waals surface area contributed by atoms with Crippen molar-refractivity contribution in [1.29, 1.82) is 0 Å². The van der Waals surface area contributed by atoms with Crippen LogP contribution in [0.2, 0.25) is 5.02 Å². The summed E-state index contributed by atoms with van der Waals surface area (Å²) in [7, 11) is -3.40. The average molecular weight is 367 g/mol. The van der Waals surface area contributed by atoms with Gasteiger partial charge in [0, 0.05) is 11.4 Å². The van der Waals surface area contributed by atoms with Gasteiger partial charge in [-0.3, -0.25) is 9.52 Å². The summed E-state index contributed by atoms with van der Waals surface area (Å²) in [6, 6.07) is 12.0. The molecule has 0 aliphatic rings. The van der Waals surface area contributed by atoms with Crippen molar-refractivity contribution in [3.63, 3.8) is 0 Å². The number of para-hydroxylation sites is 1. The fourth-order valence-electron chi connectivity index (χ4n) is 2.28. The van der Waals surface area contributed by atoms with Crippen LogP contribution in [-0.2, 0) is 10.0 Å². The van der Waals surface area contributed by atoms with Gasteiger partial charge < -0.3 is 5.32 Å². The molecule has 128 valence electrons. The van der Waals surface area contributed by atoms with Crippen LogP contribution in [0.1, 0.15) is 35.7 Å². The molecule has 0 saturated heterocycles. The number of hydrogen-bond acceptors (Lipinski definition) is 3. The van der Waals surface area contributed by atoms with E-state index < -0.39 is 10.0 Å². The van der Waals surface area contributed by atoms with Crippen molar-refractivity contribution in [2.75, 3.05) is 16.3 Å². The fraction of sp³-hybridized carbons (Fsp3) is 0.235. The molecule has 2 N–H and O–H groups in total. The summed E-state index contributed by atoms with van der Waals surface area (Å²) in [5, 5.41) is 3.02. The van der Waals surface area contributed by atoms with E-state index in [0.717, 1.165) is 17.5 Å². The average Bonchev–Trinajstić information content (AvgIpc) is 2.45. The topological polar surface area (TPSA) is 75.3 Å². The van der Waals surface area contributed by atoms with Gasteiger partial charge in [-0.25, -0.2) is 8.42 Å². The SMILES string of the molecule is CC(C)c1ccccc1NC(=O)c1ccc(NS(C)(=O)=O)cc1Cl. The number of amides is 1. The molecule has 0 unspecified atom stereocenters. The van der Waals surface area contributed by atoms with Crippen LogP contribution < -0.4 is 10.0 Å². The molecule has 0 bridgehead atoms. The molecule has 2 aromatic rings. The van der Waals surface area contributed by atoms with E-state index in [0.29, 0.717) is 5.69 Å². The number of carbonyl (C=O) groups excluding carboxylic acids is 1. The van der Waals surface area contributed by atoms with Crippen molar-refractivity contribution in [3.05, 3.63) is 58.6 Å². The predicted molar refractivity (Wildman–Crippen MR) is 98.4 cm³/mol. The van der Waals surface area contributed by atoms with Crippen molar-refractivity contribution in [1.82, 2.24) is 0 Å². The number of hydrogen-bond donors (Lipinski definition) is 2. The minimum atomic E-state index is -3.40. The quantitative estimate of drug-likeness (QED) is 0.836. The smallest absolute Gasteiger partial charge is 0.257 e. The summed E-state index contributed by atoms with van der Waals surface area (Å²) in [4.78, 5) is 12.5. The number of rotatable bonds is 5. The van der Waals surface area contributed by atoms with Crippen molar-refractivity contribution >= 4 is 38.9 Å². The van der Waals surface area contributed by atoms with E-state index in [4.69, 9.17) is 11.6 Å². The summed E-state index contributed by atoms with van der Waals surface area (Å²) in [6.07, 6.45) is 1.05. The van der Waals surface area contributed by atoms with Gasteiger partial charge in [-0.1, -0.05) is 43.6 Å². The Morgan fingerprint density at radius 3 is 2.38 bits per heavy atom. The van der Waals surface area contributed by atoms with Gasteiger partial charge in [0.15, 0.2) is 0 Å². The summed E-state index contributed by atoms with van der Waals surface area (Å²) in [5.74, 6) is -0.0858. The third kappa shape index (κ3) is 4.72. The summed E-state index contributed by atoms with van der Waals surface area (Å²) < 4.78 is 24.8. The Labute approximate surface area is 147 Å². The third-order valence-corrected chi connectivity index (χ3v) is 4.27. The second-order valence-electron chi connectivity index (χ2n) is 5.76. The van der Waals surface area contributed by atoms with Crippen molar-refractivity contribution < 1.29 is 13.2 Å². The number of benzene rings is 2. The van der Waals surface area contributed by atoms with Gasteiger partial charge >= 0.3 is 0 Å². The molecule has 0 spiro atoms. The number of halogens is 1. The van der Waals surface area contributed by atoms with E-state index in [-0.39, 0.29) is 22.4 Å². The molecule has 2 rings (SSSR count). The Balaban J connectivity index is 2.25. The lowest BCUT2D eigenvalue weighted by Crippen LogP contribution is -2.15. The van der Waals surface area contributed by atoms with Crippen LogP contribution in [0.25, 0.3) is 0 Å². The zero-order chi connectivity index (χ0) is 17.9. The number of nitrogens with one attached hydrogen (secondary N) is 2. The first-order valence-corrected chi connectivity index (χ1v) is 9.62. The van der Waals surface area contributed by atoms with Crippen LogP contribution in [0.3, 0.4) is 0 Å². The van der Waals surface area contributed by atoms with Crippen molar-refractivity contribution in [3.8, 4) is 0 Å². The first-order valence-electron chi connectivity index (χ1n) is 7.35. The Bertz CT molecular complexity index is 864. The molecule has 0 saturated carbocycles. The normalized spacial score (nSPS) is 11.4. The summed E-state index contributed by atoms with van der Waals surface area (Å²) in [6.45, 7) is 4.09. The summed E-state index contributed by atoms with van der Waals surface area (Å²) in [5.41, 5.74) is 2.33. The zero-order valence-corrected chi connectivity index (χ0v) is 15.2. The van der Waals surface area contributed by atoms with Gasteiger partial charge in [-0.05, 0) is 35.7 Å². The van der Waals surface area contributed by atoms with E-state index >= 15 is 0 Å². The molecule has 0 atom stereocenters. The Kier molecular flexibility index (Phi) is 5.51. The molecular weight excluding hydrogens is 348 g/mol. The standard InChI is InChI=1S/C17H19ClN2O3S/c1-11(2)13-6-4-5-7-16(13)19-17(21)14-9-8-12(10-15(14)18)20-24(3,22)23/h4-11,20H,1-3H3,(H,19,21). The molecule has 7 heteroatoms. The van der Waals surface area contributed by atoms with E-state index in [9.17, 15) is 13.2 Å². The lowest BCUT2D eigenvalue weighted by molar-refractivity contribution is 0.102. The minimum absolute atomic E-state index is 0.170. The first kappa shape index (κ1) is 18.3. The van der Waals surface area contributed by atoms with Crippen LogP contribution in [0.4, 0.5) is 11.4 Å². The molecule has 0 aliphatic carbocycles. The molecule has 0 aromatic heterocycles. The summed E-state index contributed by atoms with van der Waals surface area (Å²) >= 11 is 6.13. The van der Waals surface area contributed by atoms with Crippen LogP contribution in [0.5, 0.6) is 0 Å². The van der Waals surface area contributed by atoms with Crippen LogP contribution in [-0.4, -0.2) is 20.6 Å². The van der Waals surface area contributed by atoms with E-state index in [1.54, 1.807) is 0 Å². The van der Waals surface area contributed by atoms with Crippen molar-refractivity contribution in [2.24, 2.45) is 0 Å². The molecule has 0 fully saturated rings. The Hall–Kier alpha value is -2.05. The highest BCUT2D eigenvalue weighted by Gasteiger charge is 2.14. The zero-order valence-electron chi connectivity index (χ0n) is 13.6. The molecule has 1 amide bonds. The van der Waals surface area contributed by atoms with Gasteiger partial charge in [-0.15, -0.1) is 0 Å². The highest BCUT2D eigenvalue weighted by molar-refractivity contribution is 7.92. The maximum Gasteiger partial charge on any atom is 0.257 e. The number of sulfonamides is 1. The van der Waals surface area contributed by atoms with Crippen LogP contribution in [0, 0.1) is 0 Å². The molecular formula is C17H19ClN2O3S. The minimum Gasteiger partial charge on any atom is -0.322 e. The van der Waals surface area contributed by atoms with E-state index in [2.05, 4.69) is 10.0 Å². The van der Waals surface area contributed by atoms with Crippen LogP contribution >= 0.6 is 11.6 Å². The molecule has 2 aromatic carbocycles. The third-order valence-electron chi connectivity index (χ3n) is 3.35.